The molecule has 0 aromatic carbocycles. The van der Waals surface area contributed by atoms with Crippen LogP contribution in [0.2, 0.25) is 0 Å². The van der Waals surface area contributed by atoms with Crippen LogP contribution >= 0.6 is 0 Å². The molecule has 0 N–H and O–H groups in total. The molecule has 130 valence electrons. The molecule has 3 aliphatic carbocycles. The van der Waals surface area contributed by atoms with Crippen molar-refractivity contribution in [2.24, 2.45) is 35.5 Å². The maximum absolute atomic E-state index is 9.23. The van der Waals surface area contributed by atoms with Crippen LogP contribution in [-0.4, -0.2) is 0 Å². The van der Waals surface area contributed by atoms with Crippen LogP contribution in [0.15, 0.2) is 0 Å². The highest BCUT2D eigenvalue weighted by molar-refractivity contribution is 4.91. The first-order valence-corrected chi connectivity index (χ1v) is 10.7. The summed E-state index contributed by atoms with van der Waals surface area (Å²) in [6.45, 7) is 2.34. The molecule has 0 heterocycles. The van der Waals surface area contributed by atoms with Crippen molar-refractivity contribution >= 4 is 0 Å². The molecule has 3 fully saturated rings. The van der Waals surface area contributed by atoms with Crippen molar-refractivity contribution in [1.29, 1.82) is 5.26 Å². The Morgan fingerprint density at radius 1 is 0.739 bits per heavy atom. The third-order valence-electron chi connectivity index (χ3n) is 7.64. The molecule has 0 bridgehead atoms. The second kappa shape index (κ2) is 8.55. The van der Waals surface area contributed by atoms with Gasteiger partial charge in [0.25, 0.3) is 0 Å². The molecule has 3 aliphatic rings. The Morgan fingerprint density at radius 3 is 1.87 bits per heavy atom. The van der Waals surface area contributed by atoms with E-state index in [1.54, 1.807) is 0 Å². The van der Waals surface area contributed by atoms with Crippen LogP contribution in [0.3, 0.4) is 0 Å². The summed E-state index contributed by atoms with van der Waals surface area (Å²) in [6.07, 6.45) is 20.0. The first-order valence-electron chi connectivity index (χ1n) is 10.7. The number of hydrogen-bond donors (Lipinski definition) is 0. The second-order valence-electron chi connectivity index (χ2n) is 9.00. The van der Waals surface area contributed by atoms with Gasteiger partial charge in [0, 0.05) is 5.92 Å². The van der Waals surface area contributed by atoms with Crippen molar-refractivity contribution in [3.05, 3.63) is 0 Å². The van der Waals surface area contributed by atoms with Crippen LogP contribution in [0.25, 0.3) is 0 Å². The zero-order valence-electron chi connectivity index (χ0n) is 15.3. The molecule has 0 radical (unpaired) electrons. The third kappa shape index (κ3) is 4.52. The molecule has 0 spiro atoms. The van der Waals surface area contributed by atoms with Gasteiger partial charge in [-0.1, -0.05) is 45.4 Å². The Kier molecular flexibility index (Phi) is 6.44. The smallest absolute Gasteiger partial charge is 0.0655 e. The zero-order valence-corrected chi connectivity index (χ0v) is 15.3. The number of nitrogens with zero attached hydrogens (tertiary/aromatic N) is 1. The van der Waals surface area contributed by atoms with Gasteiger partial charge in [-0.05, 0) is 81.0 Å². The highest BCUT2D eigenvalue weighted by atomic mass is 14.4. The number of nitriles is 1. The lowest BCUT2D eigenvalue weighted by Crippen LogP contribution is -2.30. The lowest BCUT2D eigenvalue weighted by atomic mass is 9.64. The van der Waals surface area contributed by atoms with E-state index in [1.807, 2.05) is 0 Å². The Labute approximate surface area is 144 Å². The van der Waals surface area contributed by atoms with Gasteiger partial charge in [-0.15, -0.1) is 0 Å². The molecule has 0 saturated heterocycles. The van der Waals surface area contributed by atoms with E-state index in [-0.39, 0.29) is 0 Å². The Hall–Kier alpha value is -0.510. The summed E-state index contributed by atoms with van der Waals surface area (Å²) in [7, 11) is 0. The molecule has 23 heavy (non-hydrogen) atoms. The fourth-order valence-corrected chi connectivity index (χ4v) is 6.22. The van der Waals surface area contributed by atoms with Crippen LogP contribution in [-0.2, 0) is 0 Å². The molecule has 3 rings (SSSR count). The fourth-order valence-electron chi connectivity index (χ4n) is 6.22. The summed E-state index contributed by atoms with van der Waals surface area (Å²) in [6, 6.07) is 2.55. The summed E-state index contributed by atoms with van der Waals surface area (Å²) >= 11 is 0. The Balaban J connectivity index is 1.41. The monoisotopic (exact) mass is 315 g/mol. The molecule has 1 nitrogen and oxygen atoms in total. The van der Waals surface area contributed by atoms with Gasteiger partial charge in [-0.25, -0.2) is 0 Å². The van der Waals surface area contributed by atoms with E-state index in [4.69, 9.17) is 0 Å². The Bertz CT molecular complexity index is 379. The molecule has 2 atom stereocenters. The first-order chi connectivity index (χ1) is 11.3. The summed E-state index contributed by atoms with van der Waals surface area (Å²) < 4.78 is 0. The Morgan fingerprint density at radius 2 is 1.30 bits per heavy atom. The van der Waals surface area contributed by atoms with Crippen LogP contribution in [0.1, 0.15) is 96.8 Å². The average Bonchev–Trinajstić information content (AvgIpc) is 2.63. The molecule has 0 aliphatic heterocycles. The SMILES string of the molecule is CCCC1CCC(C2CCC(C3CCCC(C#N)C3)CC2)CC1. The standard InChI is InChI=1S/C22H37N/c1-2-4-17-7-9-19(10-8-17)20-11-13-21(14-12-20)22-6-3-5-18(15-22)16-23/h17-22H,2-15H2,1H3. The quantitative estimate of drug-likeness (QED) is 0.564. The van der Waals surface area contributed by atoms with Crippen molar-refractivity contribution in [2.75, 3.05) is 0 Å². The van der Waals surface area contributed by atoms with E-state index < -0.39 is 0 Å². The van der Waals surface area contributed by atoms with Crippen molar-refractivity contribution in [1.82, 2.24) is 0 Å². The van der Waals surface area contributed by atoms with Crippen LogP contribution in [0, 0.1) is 46.8 Å². The highest BCUT2D eigenvalue weighted by Crippen LogP contribution is 2.46. The molecule has 1 heteroatoms. The summed E-state index contributed by atoms with van der Waals surface area (Å²) in [4.78, 5) is 0. The van der Waals surface area contributed by atoms with Crippen LogP contribution in [0.4, 0.5) is 0 Å². The van der Waals surface area contributed by atoms with E-state index in [9.17, 15) is 5.26 Å². The van der Waals surface area contributed by atoms with Gasteiger partial charge in [-0.3, -0.25) is 0 Å². The minimum absolute atomic E-state index is 0.375. The summed E-state index contributed by atoms with van der Waals surface area (Å²) in [5.74, 6) is 5.37. The molecule has 3 saturated carbocycles. The summed E-state index contributed by atoms with van der Waals surface area (Å²) in [5.41, 5.74) is 0. The lowest BCUT2D eigenvalue weighted by Gasteiger charge is -2.41. The fraction of sp³-hybridized carbons (Fsp3) is 0.955. The van der Waals surface area contributed by atoms with E-state index >= 15 is 0 Å². The van der Waals surface area contributed by atoms with Crippen molar-refractivity contribution in [3.63, 3.8) is 0 Å². The molecule has 0 aromatic rings. The van der Waals surface area contributed by atoms with Gasteiger partial charge >= 0.3 is 0 Å². The second-order valence-corrected chi connectivity index (χ2v) is 9.00. The van der Waals surface area contributed by atoms with Crippen molar-refractivity contribution in [3.8, 4) is 6.07 Å². The van der Waals surface area contributed by atoms with Gasteiger partial charge in [0.2, 0.25) is 0 Å². The zero-order chi connectivity index (χ0) is 16.1. The van der Waals surface area contributed by atoms with E-state index in [0.29, 0.717) is 5.92 Å². The first kappa shape index (κ1) is 17.3. The van der Waals surface area contributed by atoms with Crippen LogP contribution in [0.5, 0.6) is 0 Å². The maximum Gasteiger partial charge on any atom is 0.0655 e. The lowest BCUT2D eigenvalue weighted by molar-refractivity contribution is 0.106. The third-order valence-corrected chi connectivity index (χ3v) is 7.64. The molecule has 0 aromatic heterocycles. The van der Waals surface area contributed by atoms with Gasteiger partial charge in [0.05, 0.1) is 6.07 Å². The minimum Gasteiger partial charge on any atom is -0.198 e. The highest BCUT2D eigenvalue weighted by Gasteiger charge is 2.34. The molecule has 0 amide bonds. The summed E-state index contributed by atoms with van der Waals surface area (Å²) in [5, 5.41) is 9.23. The number of rotatable bonds is 4. The van der Waals surface area contributed by atoms with E-state index in [2.05, 4.69) is 13.0 Å². The molecule has 2 unspecified atom stereocenters. The van der Waals surface area contributed by atoms with Gasteiger partial charge in [0.1, 0.15) is 0 Å². The maximum atomic E-state index is 9.23. The van der Waals surface area contributed by atoms with Gasteiger partial charge in [-0.2, -0.15) is 5.26 Å². The predicted molar refractivity (Wildman–Crippen MR) is 96.9 cm³/mol. The average molecular weight is 316 g/mol. The van der Waals surface area contributed by atoms with Crippen LogP contribution < -0.4 is 0 Å². The van der Waals surface area contributed by atoms with Gasteiger partial charge in [0.15, 0.2) is 0 Å². The minimum atomic E-state index is 0.375. The largest absolute Gasteiger partial charge is 0.198 e. The van der Waals surface area contributed by atoms with Crippen molar-refractivity contribution < 1.29 is 0 Å². The van der Waals surface area contributed by atoms with E-state index in [0.717, 1.165) is 29.6 Å². The normalized spacial score (nSPS) is 42.1. The molecular weight excluding hydrogens is 278 g/mol. The van der Waals surface area contributed by atoms with Crippen molar-refractivity contribution in [2.45, 2.75) is 96.8 Å². The number of hydrogen-bond acceptors (Lipinski definition) is 1. The van der Waals surface area contributed by atoms with Gasteiger partial charge < -0.3 is 0 Å². The topological polar surface area (TPSA) is 23.8 Å². The predicted octanol–water partition coefficient (Wildman–Crippen LogP) is 6.73. The molecular formula is C22H37N. The van der Waals surface area contributed by atoms with E-state index in [1.165, 1.54) is 89.9 Å².